The smallest absolute Gasteiger partial charge is 0.259 e. The van der Waals surface area contributed by atoms with Gasteiger partial charge in [-0.1, -0.05) is 119 Å². The quantitative estimate of drug-likeness (QED) is 0.0923. The van der Waals surface area contributed by atoms with Gasteiger partial charge >= 0.3 is 0 Å². The van der Waals surface area contributed by atoms with Gasteiger partial charge in [0.05, 0.1) is 49.6 Å². The van der Waals surface area contributed by atoms with Gasteiger partial charge in [0.15, 0.2) is 10.1 Å². The summed E-state index contributed by atoms with van der Waals surface area (Å²) in [4.78, 5) is 29.3. The third-order valence-corrected chi connectivity index (χ3v) is 9.32. The molecule has 0 aliphatic carbocycles. The highest BCUT2D eigenvalue weighted by atomic mass is 35.7. The van der Waals surface area contributed by atoms with Crippen LogP contribution in [0.25, 0.3) is 0 Å². The molecule has 0 atom stereocenters. The Morgan fingerprint density at radius 1 is 0.547 bits per heavy atom. The van der Waals surface area contributed by atoms with E-state index in [0.29, 0.717) is 15.5 Å². The Kier molecular flexibility index (Phi) is 21.3. The number of thioether (sulfide) groups is 1. The molecule has 280 valence electrons. The van der Waals surface area contributed by atoms with Crippen LogP contribution in [0.1, 0.15) is 11.1 Å². The van der Waals surface area contributed by atoms with Gasteiger partial charge in [0, 0.05) is 22.2 Å². The van der Waals surface area contributed by atoms with E-state index in [1.165, 1.54) is 42.1 Å². The minimum absolute atomic E-state index is 0.00322. The number of benzene rings is 2. The number of aromatic nitrogens is 8. The molecule has 2 N–H and O–H groups in total. The number of halogens is 6. The molecule has 0 aliphatic rings. The number of hydrogen-bond donors (Lipinski definition) is 2. The van der Waals surface area contributed by atoms with Crippen molar-refractivity contribution in [1.82, 2.24) is 39.9 Å². The highest BCUT2D eigenvalue weighted by Gasteiger charge is 2.12. The Morgan fingerprint density at radius 3 is 1.28 bits per heavy atom. The Balaban J connectivity index is 0.000000234. The van der Waals surface area contributed by atoms with E-state index in [0.717, 1.165) is 28.9 Å². The lowest BCUT2D eigenvalue weighted by Gasteiger charge is -2.00. The van der Waals surface area contributed by atoms with Crippen LogP contribution >= 0.6 is 93.1 Å². The lowest BCUT2D eigenvalue weighted by molar-refractivity contribution is 0.593. The molecule has 4 heterocycles. The minimum atomic E-state index is -3.81. The van der Waals surface area contributed by atoms with Crippen molar-refractivity contribution >= 4 is 112 Å². The van der Waals surface area contributed by atoms with E-state index >= 15 is 0 Å². The summed E-state index contributed by atoms with van der Waals surface area (Å²) in [5.41, 5.74) is 2.54. The molecule has 4 aromatic heterocycles. The van der Waals surface area contributed by atoms with Gasteiger partial charge in [-0.2, -0.15) is 12.6 Å². The first-order valence-corrected chi connectivity index (χ1v) is 21.3. The molecule has 0 aliphatic heterocycles. The van der Waals surface area contributed by atoms with Crippen molar-refractivity contribution in [3.63, 3.8) is 0 Å². The summed E-state index contributed by atoms with van der Waals surface area (Å²) >= 11 is 33.0. The molecule has 0 fully saturated rings. The fourth-order valence-electron chi connectivity index (χ4n) is 2.94. The predicted molar refractivity (Wildman–Crippen MR) is 213 cm³/mol. The van der Waals surface area contributed by atoms with E-state index in [1.54, 1.807) is 18.0 Å². The number of sulfonamides is 1. The van der Waals surface area contributed by atoms with Gasteiger partial charge in [-0.3, -0.25) is 19.9 Å². The number of hydrogen-bond acceptors (Lipinski definition) is 14. The standard InChI is InChI=1S/C11H9ClN2S.C7H8S.C4H2Cl2N2O2S.C4H2Cl2N2.C4H4ClN3O2S/c12-10-6-13-7-11(14-10)15-8-9-4-2-1-3-5-9;8-6-7-4-2-1-3-5-7;5-3-1-7-2-4(8-3)11(6,9)10;5-3-1-7-2-4(6)8-3;5-3-1-7-2-4(8-3)11(6,9)10/h1-7H,8H2;1-5,8H,6H2;1-2H;1-2H;1-2H,(H2,6,9,10). The fourth-order valence-corrected chi connectivity index (χ4v) is 5.93. The maximum atomic E-state index is 10.6. The summed E-state index contributed by atoms with van der Waals surface area (Å²) in [6.07, 6.45) is 10.6. The Labute approximate surface area is 345 Å². The second kappa shape index (κ2) is 24.5. The zero-order valence-corrected chi connectivity index (χ0v) is 34.4. The third-order valence-electron chi connectivity index (χ3n) is 5.12. The van der Waals surface area contributed by atoms with E-state index in [9.17, 15) is 16.8 Å². The molecule has 0 saturated carbocycles. The van der Waals surface area contributed by atoms with Crippen LogP contribution in [-0.4, -0.2) is 56.7 Å². The maximum Gasteiger partial charge on any atom is 0.280 e. The molecule has 0 radical (unpaired) electrons. The van der Waals surface area contributed by atoms with Crippen molar-refractivity contribution in [1.29, 1.82) is 0 Å². The predicted octanol–water partition coefficient (Wildman–Crippen LogP) is 8.16. The van der Waals surface area contributed by atoms with Crippen molar-refractivity contribution in [2.24, 2.45) is 5.14 Å². The summed E-state index contributed by atoms with van der Waals surface area (Å²) in [7, 11) is -2.65. The summed E-state index contributed by atoms with van der Waals surface area (Å²) in [6.45, 7) is 0. The average molecular weight is 917 g/mol. The highest BCUT2D eigenvalue weighted by molar-refractivity contribution is 8.13. The molecule has 0 spiro atoms. The van der Waals surface area contributed by atoms with Gasteiger partial charge in [0.25, 0.3) is 19.1 Å². The molecule has 0 unspecified atom stereocenters. The van der Waals surface area contributed by atoms with Crippen molar-refractivity contribution in [3.05, 3.63) is 147 Å². The molecule has 2 aromatic carbocycles. The average Bonchev–Trinajstić information content (AvgIpc) is 3.12. The molecule has 13 nitrogen and oxygen atoms in total. The molecule has 53 heavy (non-hydrogen) atoms. The van der Waals surface area contributed by atoms with Crippen LogP contribution in [0.4, 0.5) is 0 Å². The molecule has 6 rings (SSSR count). The third kappa shape index (κ3) is 20.9. The molecule has 23 heteroatoms. The van der Waals surface area contributed by atoms with Crippen LogP contribution < -0.4 is 5.14 Å². The molecule has 6 aromatic rings. The Morgan fingerprint density at radius 2 is 0.943 bits per heavy atom. The monoisotopic (exact) mass is 913 g/mol. The number of primary sulfonamides is 1. The van der Waals surface area contributed by atoms with Crippen LogP contribution in [-0.2, 0) is 30.6 Å². The van der Waals surface area contributed by atoms with Crippen molar-refractivity contribution in [3.8, 4) is 0 Å². The van der Waals surface area contributed by atoms with Crippen molar-refractivity contribution < 1.29 is 16.8 Å². The lowest BCUT2D eigenvalue weighted by Crippen LogP contribution is -2.14. The Bertz CT molecular complexity index is 2130. The summed E-state index contributed by atoms with van der Waals surface area (Å²) in [5, 5.41) is 5.98. The second-order valence-electron chi connectivity index (χ2n) is 9.11. The van der Waals surface area contributed by atoms with Gasteiger partial charge in [0.2, 0.25) is 0 Å². The van der Waals surface area contributed by atoms with Gasteiger partial charge in [0.1, 0.15) is 30.8 Å². The normalized spacial score (nSPS) is 10.4. The van der Waals surface area contributed by atoms with E-state index in [2.05, 4.69) is 76.8 Å². The number of thiol groups is 1. The van der Waals surface area contributed by atoms with Crippen LogP contribution in [0, 0.1) is 0 Å². The molecule has 0 bridgehead atoms. The number of nitrogens with two attached hydrogens (primary N) is 1. The maximum absolute atomic E-state index is 10.6. The topological polar surface area (TPSA) is 197 Å². The SMILES string of the molecule is Clc1cncc(Cl)n1.Clc1cncc(SCc2ccccc2)n1.NS(=O)(=O)c1cncc(Cl)n1.O=S(=O)(Cl)c1cncc(Cl)n1.SCc1ccccc1. The Hall–Kier alpha value is -2.94. The summed E-state index contributed by atoms with van der Waals surface area (Å²) in [5.74, 6) is 1.72. The summed E-state index contributed by atoms with van der Waals surface area (Å²) < 4.78 is 42.4. The van der Waals surface area contributed by atoms with Crippen LogP contribution in [0.5, 0.6) is 0 Å². The van der Waals surface area contributed by atoms with Gasteiger partial charge in [-0.15, -0.1) is 11.8 Å². The van der Waals surface area contributed by atoms with Gasteiger partial charge < -0.3 is 0 Å². The summed E-state index contributed by atoms with van der Waals surface area (Å²) in [6, 6.07) is 20.4. The van der Waals surface area contributed by atoms with Crippen LogP contribution in [0.15, 0.2) is 125 Å². The second-order valence-corrected chi connectivity index (χ2v) is 16.4. The number of rotatable bonds is 6. The van der Waals surface area contributed by atoms with Crippen molar-refractivity contribution in [2.75, 3.05) is 0 Å². The molecule has 0 saturated heterocycles. The molecular formula is C30H25Cl6N9O4S4. The molecule has 0 amide bonds. The zero-order valence-electron chi connectivity index (χ0n) is 26.5. The number of nitrogens with zero attached hydrogens (tertiary/aromatic N) is 8. The van der Waals surface area contributed by atoms with Crippen LogP contribution in [0.3, 0.4) is 0 Å². The largest absolute Gasteiger partial charge is 0.280 e. The van der Waals surface area contributed by atoms with Crippen LogP contribution in [0.2, 0.25) is 25.8 Å². The first-order valence-electron chi connectivity index (χ1n) is 13.9. The van der Waals surface area contributed by atoms with E-state index in [-0.39, 0.29) is 20.4 Å². The van der Waals surface area contributed by atoms with E-state index in [4.69, 9.17) is 73.8 Å². The molecular weight excluding hydrogens is 891 g/mol. The van der Waals surface area contributed by atoms with E-state index in [1.807, 2.05) is 36.4 Å². The first-order chi connectivity index (χ1) is 25.1. The zero-order chi connectivity index (χ0) is 39.3. The van der Waals surface area contributed by atoms with E-state index < -0.39 is 19.1 Å². The fraction of sp³-hybridized carbons (Fsp3) is 0.0667. The van der Waals surface area contributed by atoms with Gasteiger partial charge in [-0.25, -0.2) is 41.9 Å². The first kappa shape index (κ1) is 46.2. The minimum Gasteiger partial charge on any atom is -0.259 e. The van der Waals surface area contributed by atoms with Crippen molar-refractivity contribution in [2.45, 2.75) is 26.6 Å². The highest BCUT2D eigenvalue weighted by Crippen LogP contribution is 2.21. The lowest BCUT2D eigenvalue weighted by atomic mass is 10.2. The van der Waals surface area contributed by atoms with Gasteiger partial charge in [-0.05, 0) is 11.1 Å².